The van der Waals surface area contributed by atoms with Crippen LogP contribution in [0.15, 0.2) is 42.7 Å². The molecule has 0 aliphatic carbocycles. The number of carboxylic acid groups (broad SMARTS) is 1. The summed E-state index contributed by atoms with van der Waals surface area (Å²) in [6.45, 7) is 3.29. The minimum Gasteiger partial charge on any atom is -0.477 e. The number of fused-ring (bicyclic) bond motifs is 2. The summed E-state index contributed by atoms with van der Waals surface area (Å²) in [5.41, 5.74) is 6.14. The predicted octanol–water partition coefficient (Wildman–Crippen LogP) is 0.0528. The van der Waals surface area contributed by atoms with Crippen molar-refractivity contribution >= 4 is 45.3 Å². The molecule has 3 aromatic heterocycles. The Hall–Kier alpha value is -3.90. The van der Waals surface area contributed by atoms with Crippen molar-refractivity contribution in [3.8, 4) is 0 Å². The normalized spacial score (nSPS) is 22.3. The van der Waals surface area contributed by atoms with Gasteiger partial charge >= 0.3 is 5.97 Å². The molecule has 0 bridgehead atoms. The number of rotatable bonds is 7. The van der Waals surface area contributed by atoms with Crippen LogP contribution < -0.4 is 10.3 Å². The highest BCUT2D eigenvalue weighted by Crippen LogP contribution is 2.51. The number of nitrogens with two attached hydrogens (primary N) is 1. The van der Waals surface area contributed by atoms with Gasteiger partial charge in [0.2, 0.25) is 18.2 Å². The number of hydrogen-bond donors (Lipinski definition) is 3. The molecule has 4 unspecified atom stereocenters. The predicted molar refractivity (Wildman–Crippen MR) is 122 cm³/mol. The lowest BCUT2D eigenvalue weighted by Gasteiger charge is -2.46. The van der Waals surface area contributed by atoms with Gasteiger partial charge in [-0.05, 0) is 13.0 Å². The smallest absolute Gasteiger partial charge is 0.352 e. The van der Waals surface area contributed by atoms with Crippen LogP contribution in [0.3, 0.4) is 0 Å². The average molecular weight is 497 g/mol. The number of carboxylic acids is 1. The van der Waals surface area contributed by atoms with Crippen molar-refractivity contribution in [2.45, 2.75) is 32.5 Å². The second-order valence-electron chi connectivity index (χ2n) is 8.78. The van der Waals surface area contributed by atoms with Crippen LogP contribution in [0.5, 0.6) is 0 Å². The SMILES string of the molecule is CC(O)C1C(=O)N2C(C(=O)O)=C(c3cn4cnc(C(=O)c5ccc[n+](CC(N)=O)c5)c4s3)C(C)C12. The van der Waals surface area contributed by atoms with Crippen LogP contribution >= 0.6 is 11.3 Å². The Morgan fingerprint density at radius 1 is 1.34 bits per heavy atom. The lowest BCUT2D eigenvalue weighted by molar-refractivity contribution is -0.684. The Kier molecular flexibility index (Phi) is 5.29. The van der Waals surface area contributed by atoms with Gasteiger partial charge in [-0.25, -0.2) is 9.78 Å². The van der Waals surface area contributed by atoms with E-state index in [2.05, 4.69) is 4.98 Å². The Morgan fingerprint density at radius 3 is 2.74 bits per heavy atom. The summed E-state index contributed by atoms with van der Waals surface area (Å²) in [6.07, 6.45) is 5.42. The molecule has 35 heavy (non-hydrogen) atoms. The van der Waals surface area contributed by atoms with E-state index in [0.717, 1.165) is 0 Å². The molecular formula is C23H22N5O6S+. The highest BCUT2D eigenvalue weighted by atomic mass is 32.1. The van der Waals surface area contributed by atoms with Crippen molar-refractivity contribution in [1.29, 1.82) is 0 Å². The second-order valence-corrected chi connectivity index (χ2v) is 9.81. The number of carbonyl (C=O) groups excluding carboxylic acids is 3. The van der Waals surface area contributed by atoms with Crippen molar-refractivity contribution in [3.63, 3.8) is 0 Å². The van der Waals surface area contributed by atoms with Crippen LogP contribution in [-0.2, 0) is 20.9 Å². The van der Waals surface area contributed by atoms with E-state index >= 15 is 0 Å². The number of β-lactam (4-membered cyclic amide) rings is 1. The number of aliphatic carboxylic acids is 1. The number of aliphatic hydroxyl groups excluding tert-OH is 1. The number of amides is 2. The van der Waals surface area contributed by atoms with Gasteiger partial charge in [-0.15, -0.1) is 11.3 Å². The maximum Gasteiger partial charge on any atom is 0.352 e. The summed E-state index contributed by atoms with van der Waals surface area (Å²) in [4.78, 5) is 55.8. The average Bonchev–Trinajstić information content (AvgIpc) is 3.42. The van der Waals surface area contributed by atoms with Gasteiger partial charge < -0.3 is 20.8 Å². The first-order valence-corrected chi connectivity index (χ1v) is 11.7. The van der Waals surface area contributed by atoms with E-state index in [9.17, 15) is 29.4 Å². The molecule has 2 amide bonds. The lowest BCUT2D eigenvalue weighted by Crippen LogP contribution is -2.63. The van der Waals surface area contributed by atoms with Crippen molar-refractivity contribution in [2.75, 3.05) is 0 Å². The quantitative estimate of drug-likeness (QED) is 0.237. The molecule has 11 nitrogen and oxygen atoms in total. The number of primary amides is 1. The zero-order valence-electron chi connectivity index (χ0n) is 18.8. The zero-order chi connectivity index (χ0) is 25.2. The van der Waals surface area contributed by atoms with Crippen LogP contribution in [0.4, 0.5) is 0 Å². The molecule has 12 heteroatoms. The van der Waals surface area contributed by atoms with Gasteiger partial charge in [0.1, 0.15) is 22.5 Å². The van der Waals surface area contributed by atoms with Crippen LogP contribution in [0.25, 0.3) is 10.4 Å². The molecule has 5 heterocycles. The van der Waals surface area contributed by atoms with E-state index in [-0.39, 0.29) is 29.6 Å². The summed E-state index contributed by atoms with van der Waals surface area (Å²) in [6, 6.07) is 2.80. The molecule has 0 aromatic carbocycles. The number of pyridine rings is 1. The fourth-order valence-electron chi connectivity index (χ4n) is 5.04. The third-order valence-corrected chi connectivity index (χ3v) is 7.67. The highest BCUT2D eigenvalue weighted by molar-refractivity contribution is 7.18. The Bertz CT molecular complexity index is 1450. The van der Waals surface area contributed by atoms with Gasteiger partial charge in [-0.3, -0.25) is 18.8 Å². The Balaban J connectivity index is 1.54. The van der Waals surface area contributed by atoms with Crippen molar-refractivity contribution < 1.29 is 34.0 Å². The molecule has 4 atom stereocenters. The molecule has 2 aliphatic heterocycles. The number of thiazole rings is 1. The maximum absolute atomic E-state index is 13.2. The van der Waals surface area contributed by atoms with Crippen molar-refractivity contribution in [2.24, 2.45) is 17.6 Å². The molecule has 1 fully saturated rings. The van der Waals surface area contributed by atoms with Crippen LogP contribution in [0.2, 0.25) is 0 Å². The molecule has 1 saturated heterocycles. The number of aromatic nitrogens is 3. The van der Waals surface area contributed by atoms with Gasteiger partial charge in [0.25, 0.3) is 5.91 Å². The van der Waals surface area contributed by atoms with Gasteiger partial charge in [0.05, 0.1) is 28.5 Å². The highest BCUT2D eigenvalue weighted by Gasteiger charge is 2.60. The third kappa shape index (κ3) is 3.44. The van der Waals surface area contributed by atoms with Crippen molar-refractivity contribution in [1.82, 2.24) is 14.3 Å². The molecule has 3 aromatic rings. The molecule has 0 saturated carbocycles. The van der Waals surface area contributed by atoms with Gasteiger partial charge in [0, 0.05) is 23.8 Å². The number of aliphatic hydroxyl groups is 1. The number of hydrogen-bond acceptors (Lipinski definition) is 7. The fourth-order valence-corrected chi connectivity index (χ4v) is 6.26. The lowest BCUT2D eigenvalue weighted by atomic mass is 9.77. The number of imidazole rings is 1. The first-order chi connectivity index (χ1) is 16.6. The van der Waals surface area contributed by atoms with E-state index in [4.69, 9.17) is 5.73 Å². The molecule has 0 radical (unpaired) electrons. The van der Waals surface area contributed by atoms with E-state index in [1.807, 2.05) is 6.92 Å². The van der Waals surface area contributed by atoms with Gasteiger partial charge in [-0.1, -0.05) is 6.92 Å². The number of nitrogens with zero attached hydrogens (tertiary/aromatic N) is 4. The number of carbonyl (C=O) groups is 4. The Labute approximate surface area is 202 Å². The van der Waals surface area contributed by atoms with Crippen LogP contribution in [0.1, 0.15) is 34.8 Å². The van der Waals surface area contributed by atoms with E-state index in [1.165, 1.54) is 40.3 Å². The minimum atomic E-state index is -1.22. The summed E-state index contributed by atoms with van der Waals surface area (Å²) in [5.74, 6) is -3.51. The van der Waals surface area contributed by atoms with Gasteiger partial charge in [0.15, 0.2) is 12.4 Å². The molecule has 2 aliphatic rings. The fraction of sp³-hybridized carbons (Fsp3) is 0.304. The monoisotopic (exact) mass is 496 g/mol. The first-order valence-electron chi connectivity index (χ1n) is 10.9. The van der Waals surface area contributed by atoms with E-state index < -0.39 is 35.8 Å². The van der Waals surface area contributed by atoms with E-state index in [0.29, 0.717) is 20.8 Å². The molecule has 4 N–H and O–H groups in total. The third-order valence-electron chi connectivity index (χ3n) is 6.53. The van der Waals surface area contributed by atoms with Crippen LogP contribution in [-0.4, -0.2) is 60.2 Å². The zero-order valence-corrected chi connectivity index (χ0v) is 19.6. The maximum atomic E-state index is 13.2. The van der Waals surface area contributed by atoms with Crippen molar-refractivity contribution in [3.05, 3.63) is 58.9 Å². The second kappa shape index (κ2) is 8.10. The van der Waals surface area contributed by atoms with E-state index in [1.54, 1.807) is 28.9 Å². The molecule has 0 spiro atoms. The minimum absolute atomic E-state index is 0.0727. The Morgan fingerprint density at radius 2 is 2.09 bits per heavy atom. The first kappa shape index (κ1) is 22.9. The standard InChI is InChI=1S/C23H21N5O6S/c1-10-15(19(23(33)34)28-18(10)16(11(2)29)21(28)32)13-7-27-9-25-17(22(27)35-13)20(31)12-4-3-5-26(6-12)8-14(24)30/h3-7,9-11,16,18,29H,8H2,1-2H3,(H2-,24,30,33,34)/p+1. The molecule has 180 valence electrons. The molecule has 5 rings (SSSR count). The largest absolute Gasteiger partial charge is 0.477 e. The summed E-state index contributed by atoms with van der Waals surface area (Å²) in [5, 5.41) is 20.0. The van der Waals surface area contributed by atoms with Crippen LogP contribution in [0, 0.1) is 11.8 Å². The number of ketones is 1. The summed E-state index contributed by atoms with van der Waals surface area (Å²) in [7, 11) is 0. The van der Waals surface area contributed by atoms with Gasteiger partial charge in [-0.2, -0.15) is 4.57 Å². The topological polar surface area (TPSA) is 159 Å². The summed E-state index contributed by atoms with van der Waals surface area (Å²) < 4.78 is 3.16. The molecular weight excluding hydrogens is 474 g/mol. The summed E-state index contributed by atoms with van der Waals surface area (Å²) >= 11 is 1.21.